The lowest BCUT2D eigenvalue weighted by Gasteiger charge is -2.38. The summed E-state index contributed by atoms with van der Waals surface area (Å²) >= 11 is 1.47. The van der Waals surface area contributed by atoms with Crippen molar-refractivity contribution in [3.05, 3.63) is 78.2 Å². The lowest BCUT2D eigenvalue weighted by Crippen LogP contribution is -2.43. The number of para-hydroxylation sites is 1. The molecule has 0 atom stereocenters. The number of nitrogens with zero attached hydrogens (tertiary/aromatic N) is 3. The predicted molar refractivity (Wildman–Crippen MR) is 192 cm³/mol. The second kappa shape index (κ2) is 14.2. The molecule has 6 nitrogen and oxygen atoms in total. The molecule has 5 aromatic rings. The van der Waals surface area contributed by atoms with E-state index in [9.17, 15) is 0 Å². The largest absolute Gasteiger partial charge is 0.468 e. The van der Waals surface area contributed by atoms with Gasteiger partial charge in [-0.05, 0) is 64.7 Å². The smallest absolute Gasteiger partial charge is 0.188 e. The highest BCUT2D eigenvalue weighted by Crippen LogP contribution is 2.42. The van der Waals surface area contributed by atoms with Gasteiger partial charge in [-0.25, -0.2) is 19.3 Å². The SMILES string of the molecule is COCOc1cc(-c2cc3nc(SC)ncc3c(Nc3ccccc3)n2)c2c(C#C[Si](C(C)C)(C(C)C)C(C)C)c(F)ccc2c1. The van der Waals surface area contributed by atoms with E-state index >= 15 is 4.39 Å². The topological polar surface area (TPSA) is 69.2 Å². The van der Waals surface area contributed by atoms with E-state index in [2.05, 4.69) is 63.3 Å². The number of rotatable bonds is 10. The van der Waals surface area contributed by atoms with Crippen LogP contribution in [-0.2, 0) is 4.74 Å². The maximum Gasteiger partial charge on any atom is 0.188 e. The summed E-state index contributed by atoms with van der Waals surface area (Å²) in [6, 6.07) is 18.8. The Morgan fingerprint density at radius 1 is 0.935 bits per heavy atom. The zero-order valence-corrected chi connectivity index (χ0v) is 29.6. The highest BCUT2D eigenvalue weighted by molar-refractivity contribution is 7.98. The number of ether oxygens (including phenoxy) is 2. The molecule has 0 bridgehead atoms. The van der Waals surface area contributed by atoms with Crippen LogP contribution < -0.4 is 10.1 Å². The first-order valence-corrected chi connectivity index (χ1v) is 19.0. The molecule has 0 aliphatic heterocycles. The average molecular weight is 653 g/mol. The van der Waals surface area contributed by atoms with E-state index in [4.69, 9.17) is 19.4 Å². The zero-order chi connectivity index (χ0) is 33.0. The van der Waals surface area contributed by atoms with E-state index in [1.165, 1.54) is 17.8 Å². The van der Waals surface area contributed by atoms with Crippen molar-refractivity contribution >= 4 is 53.0 Å². The number of fused-ring (bicyclic) bond motifs is 2. The highest BCUT2D eigenvalue weighted by Gasteiger charge is 2.41. The number of halogens is 1. The lowest BCUT2D eigenvalue weighted by molar-refractivity contribution is 0.0512. The molecule has 0 fully saturated rings. The van der Waals surface area contributed by atoms with Gasteiger partial charge in [0.2, 0.25) is 0 Å². The van der Waals surface area contributed by atoms with Crippen LogP contribution in [0.1, 0.15) is 47.1 Å². The van der Waals surface area contributed by atoms with Crippen molar-refractivity contribution in [3.8, 4) is 28.5 Å². The molecular formula is C37H41FN4O2SSi. The van der Waals surface area contributed by atoms with Crippen molar-refractivity contribution in [2.45, 2.75) is 63.3 Å². The molecule has 0 spiro atoms. The van der Waals surface area contributed by atoms with Crippen LogP contribution in [0.15, 0.2) is 72.0 Å². The second-order valence-corrected chi connectivity index (χ2v) is 18.7. The van der Waals surface area contributed by atoms with E-state index in [1.807, 2.05) is 54.8 Å². The second-order valence-electron chi connectivity index (χ2n) is 12.3. The van der Waals surface area contributed by atoms with Crippen LogP contribution in [0.4, 0.5) is 15.9 Å². The standard InChI is InChI=1S/C37H41FN4O2SSi/c1-23(2)46(24(3)4,25(5)6)17-16-29-32(38)15-14-26-18-28(44-22-43-7)19-30(35(26)29)33-20-34-31(21-39-37(42-34)45-8)36(41-33)40-27-12-10-9-11-13-27/h9-15,18-21,23-25H,22H2,1-8H3,(H,40,41). The van der Waals surface area contributed by atoms with Gasteiger partial charge in [0.15, 0.2) is 11.9 Å². The maximum absolute atomic E-state index is 16.0. The number of hydrogen-bond acceptors (Lipinski definition) is 7. The summed E-state index contributed by atoms with van der Waals surface area (Å²) in [5.41, 5.74) is 8.23. The van der Waals surface area contributed by atoms with E-state index < -0.39 is 8.07 Å². The molecule has 0 aliphatic carbocycles. The molecule has 0 saturated carbocycles. The van der Waals surface area contributed by atoms with Crippen molar-refractivity contribution in [2.24, 2.45) is 0 Å². The summed E-state index contributed by atoms with van der Waals surface area (Å²) in [6.45, 7) is 13.6. The number of thioether (sulfide) groups is 1. The third-order valence-corrected chi connectivity index (χ3v) is 15.6. The molecule has 0 amide bonds. The molecular weight excluding hydrogens is 612 g/mol. The number of benzene rings is 3. The van der Waals surface area contributed by atoms with Crippen molar-refractivity contribution in [3.63, 3.8) is 0 Å². The minimum absolute atomic E-state index is 0.0698. The average Bonchev–Trinajstić information content (AvgIpc) is 3.04. The number of aromatic nitrogens is 3. The Morgan fingerprint density at radius 3 is 2.30 bits per heavy atom. The summed E-state index contributed by atoms with van der Waals surface area (Å²) in [6.07, 6.45) is 3.73. The van der Waals surface area contributed by atoms with Crippen LogP contribution in [-0.4, -0.2) is 43.2 Å². The third kappa shape index (κ3) is 6.61. The molecule has 0 aliphatic rings. The van der Waals surface area contributed by atoms with E-state index in [0.717, 1.165) is 16.5 Å². The predicted octanol–water partition coefficient (Wildman–Crippen LogP) is 10.0. The molecule has 46 heavy (non-hydrogen) atoms. The summed E-state index contributed by atoms with van der Waals surface area (Å²) < 4.78 is 27.2. The van der Waals surface area contributed by atoms with Gasteiger partial charge in [-0.3, -0.25) is 0 Å². The minimum Gasteiger partial charge on any atom is -0.468 e. The summed E-state index contributed by atoms with van der Waals surface area (Å²) in [7, 11) is -0.581. The number of nitrogens with one attached hydrogen (secondary N) is 1. The molecule has 0 radical (unpaired) electrons. The van der Waals surface area contributed by atoms with Gasteiger partial charge in [0.25, 0.3) is 0 Å². The highest BCUT2D eigenvalue weighted by atomic mass is 32.2. The number of pyridine rings is 1. The number of anilines is 2. The Balaban J connectivity index is 1.84. The van der Waals surface area contributed by atoms with E-state index in [1.54, 1.807) is 19.4 Å². The fourth-order valence-electron chi connectivity index (χ4n) is 6.55. The molecule has 0 unspecified atom stereocenters. The Bertz CT molecular complexity index is 1900. The molecule has 238 valence electrons. The van der Waals surface area contributed by atoms with Crippen LogP contribution in [0.25, 0.3) is 32.9 Å². The molecule has 0 saturated heterocycles. The minimum atomic E-state index is -2.16. The normalized spacial score (nSPS) is 11.8. The molecule has 3 aromatic carbocycles. The Labute approximate surface area is 276 Å². The first-order chi connectivity index (χ1) is 22.1. The van der Waals surface area contributed by atoms with Gasteiger partial charge in [-0.1, -0.05) is 83.5 Å². The van der Waals surface area contributed by atoms with Crippen LogP contribution >= 0.6 is 11.8 Å². The van der Waals surface area contributed by atoms with Gasteiger partial charge < -0.3 is 14.8 Å². The first kappa shape index (κ1) is 33.4. The van der Waals surface area contributed by atoms with Crippen molar-refractivity contribution < 1.29 is 13.9 Å². The van der Waals surface area contributed by atoms with Crippen LogP contribution in [0.3, 0.4) is 0 Å². The monoisotopic (exact) mass is 652 g/mol. The Morgan fingerprint density at radius 2 is 1.65 bits per heavy atom. The molecule has 9 heteroatoms. The molecule has 1 N–H and O–H groups in total. The van der Waals surface area contributed by atoms with Gasteiger partial charge in [0.1, 0.15) is 25.5 Å². The van der Waals surface area contributed by atoms with Crippen LogP contribution in [0.2, 0.25) is 16.6 Å². The van der Waals surface area contributed by atoms with E-state index in [0.29, 0.717) is 61.1 Å². The summed E-state index contributed by atoms with van der Waals surface area (Å²) in [4.78, 5) is 14.5. The fraction of sp³-hybridized carbons (Fsp3) is 0.324. The molecule has 2 aromatic heterocycles. The number of methoxy groups -OCH3 is 1. The van der Waals surface area contributed by atoms with Gasteiger partial charge in [-0.15, -0.1) is 5.54 Å². The van der Waals surface area contributed by atoms with Crippen molar-refractivity contribution in [2.75, 3.05) is 25.5 Å². The zero-order valence-electron chi connectivity index (χ0n) is 27.7. The fourth-order valence-corrected chi connectivity index (χ4v) is 12.1. The molecule has 2 heterocycles. The Hall–Kier alpha value is -3.97. The van der Waals surface area contributed by atoms with Crippen LogP contribution in [0, 0.1) is 17.3 Å². The van der Waals surface area contributed by atoms with Gasteiger partial charge >= 0.3 is 0 Å². The Kier molecular flexibility index (Phi) is 10.3. The van der Waals surface area contributed by atoms with Crippen molar-refractivity contribution in [1.82, 2.24) is 15.0 Å². The van der Waals surface area contributed by atoms with Gasteiger partial charge in [-0.2, -0.15) is 0 Å². The maximum atomic E-state index is 16.0. The quantitative estimate of drug-likeness (QED) is 0.0529. The molecule has 5 rings (SSSR count). The van der Waals surface area contributed by atoms with Crippen molar-refractivity contribution in [1.29, 1.82) is 0 Å². The first-order valence-electron chi connectivity index (χ1n) is 15.5. The summed E-state index contributed by atoms with van der Waals surface area (Å²) in [5.74, 6) is 4.24. The van der Waals surface area contributed by atoms with Gasteiger partial charge in [0, 0.05) is 29.9 Å². The van der Waals surface area contributed by atoms with Gasteiger partial charge in [0.05, 0.1) is 22.2 Å². The lowest BCUT2D eigenvalue weighted by atomic mass is 9.96. The van der Waals surface area contributed by atoms with Crippen LogP contribution in [0.5, 0.6) is 5.75 Å². The van der Waals surface area contributed by atoms with E-state index in [-0.39, 0.29) is 12.6 Å². The summed E-state index contributed by atoms with van der Waals surface area (Å²) in [5, 5.41) is 6.36. The number of hydrogen-bond donors (Lipinski definition) is 1. The third-order valence-electron chi connectivity index (χ3n) is 8.71.